The minimum absolute atomic E-state index is 0.217. The molecule has 104 valence electrons. The highest BCUT2D eigenvalue weighted by atomic mass is 16.4. The minimum atomic E-state index is -0.919. The minimum Gasteiger partial charge on any atom is -0.481 e. The number of aromatic nitrogens is 2. The summed E-state index contributed by atoms with van der Waals surface area (Å²) >= 11 is 0. The largest absolute Gasteiger partial charge is 0.481 e. The van der Waals surface area contributed by atoms with Crippen LogP contribution in [0.25, 0.3) is 0 Å². The summed E-state index contributed by atoms with van der Waals surface area (Å²) in [5.74, 6) is -1.83. The van der Waals surface area contributed by atoms with E-state index >= 15 is 0 Å². The van der Waals surface area contributed by atoms with E-state index in [9.17, 15) is 9.59 Å². The Bertz CT molecular complexity index is 519. The van der Waals surface area contributed by atoms with Crippen molar-refractivity contribution in [2.24, 2.45) is 17.3 Å². The second-order valence-corrected chi connectivity index (χ2v) is 5.88. The first-order chi connectivity index (χ1) is 8.75. The van der Waals surface area contributed by atoms with Crippen LogP contribution in [-0.2, 0) is 9.59 Å². The van der Waals surface area contributed by atoms with Crippen LogP contribution < -0.4 is 5.32 Å². The third-order valence-corrected chi connectivity index (χ3v) is 3.76. The topological polar surface area (TPSA) is 84.2 Å². The van der Waals surface area contributed by atoms with Crippen molar-refractivity contribution in [1.82, 2.24) is 9.78 Å². The molecule has 1 aliphatic rings. The zero-order valence-corrected chi connectivity index (χ0v) is 11.5. The highest BCUT2D eigenvalue weighted by Crippen LogP contribution is 2.58. The Kier molecular flexibility index (Phi) is 3.12. The lowest BCUT2D eigenvalue weighted by molar-refractivity contribution is -0.140. The summed E-state index contributed by atoms with van der Waals surface area (Å²) in [7, 11) is 0. The van der Waals surface area contributed by atoms with E-state index in [-0.39, 0.29) is 11.9 Å². The number of carboxylic acid groups (broad SMARTS) is 1. The van der Waals surface area contributed by atoms with Gasteiger partial charge < -0.3 is 10.4 Å². The lowest BCUT2D eigenvalue weighted by Gasteiger charge is -2.05. The van der Waals surface area contributed by atoms with Gasteiger partial charge in [-0.15, -0.1) is 0 Å². The number of hydrogen-bond donors (Lipinski definition) is 2. The van der Waals surface area contributed by atoms with Gasteiger partial charge in [0.2, 0.25) is 5.91 Å². The number of carbonyl (C=O) groups is 2. The maximum atomic E-state index is 12.1. The fourth-order valence-electron chi connectivity index (χ4n) is 2.48. The SMILES string of the molecule is CC(C)n1ccc(NC(=O)[C@H]2[C@@H](C(=O)O)C2(C)C)n1. The molecule has 0 unspecified atom stereocenters. The summed E-state index contributed by atoms with van der Waals surface area (Å²) in [5, 5.41) is 16.0. The fourth-order valence-corrected chi connectivity index (χ4v) is 2.48. The maximum absolute atomic E-state index is 12.1. The molecule has 1 saturated carbocycles. The van der Waals surface area contributed by atoms with Gasteiger partial charge in [0.1, 0.15) is 0 Å². The van der Waals surface area contributed by atoms with Gasteiger partial charge in [0.25, 0.3) is 0 Å². The summed E-state index contributed by atoms with van der Waals surface area (Å²) in [4.78, 5) is 23.1. The number of anilines is 1. The highest BCUT2D eigenvalue weighted by Gasteiger charge is 2.65. The number of amides is 1. The second-order valence-electron chi connectivity index (χ2n) is 5.88. The molecule has 1 fully saturated rings. The lowest BCUT2D eigenvalue weighted by Crippen LogP contribution is -2.18. The molecule has 1 aromatic heterocycles. The molecule has 0 bridgehead atoms. The summed E-state index contributed by atoms with van der Waals surface area (Å²) in [5.41, 5.74) is -0.490. The first-order valence-electron chi connectivity index (χ1n) is 6.34. The van der Waals surface area contributed by atoms with Crippen LogP contribution in [0.2, 0.25) is 0 Å². The van der Waals surface area contributed by atoms with E-state index in [1.54, 1.807) is 30.8 Å². The van der Waals surface area contributed by atoms with Crippen molar-refractivity contribution in [3.63, 3.8) is 0 Å². The molecule has 0 aliphatic heterocycles. The molecule has 6 heteroatoms. The summed E-state index contributed by atoms with van der Waals surface area (Å²) in [6.45, 7) is 7.57. The summed E-state index contributed by atoms with van der Waals surface area (Å²) < 4.78 is 1.74. The van der Waals surface area contributed by atoms with Gasteiger partial charge in [-0.1, -0.05) is 13.8 Å². The first kappa shape index (κ1) is 13.6. The Balaban J connectivity index is 2.04. The molecule has 0 radical (unpaired) electrons. The molecule has 1 aromatic rings. The Morgan fingerprint density at radius 2 is 2.05 bits per heavy atom. The lowest BCUT2D eigenvalue weighted by atomic mass is 10.1. The number of nitrogens with one attached hydrogen (secondary N) is 1. The molecular weight excluding hydrogens is 246 g/mol. The summed E-state index contributed by atoms with van der Waals surface area (Å²) in [6, 6.07) is 1.93. The van der Waals surface area contributed by atoms with Crippen LogP contribution in [0.5, 0.6) is 0 Å². The monoisotopic (exact) mass is 265 g/mol. The first-order valence-corrected chi connectivity index (χ1v) is 6.34. The Morgan fingerprint density at radius 3 is 2.47 bits per heavy atom. The van der Waals surface area contributed by atoms with Crippen molar-refractivity contribution in [1.29, 1.82) is 0 Å². The third-order valence-electron chi connectivity index (χ3n) is 3.76. The van der Waals surface area contributed by atoms with Gasteiger partial charge in [0, 0.05) is 18.3 Å². The molecule has 0 aromatic carbocycles. The number of rotatable bonds is 4. The van der Waals surface area contributed by atoms with Crippen molar-refractivity contribution >= 4 is 17.7 Å². The van der Waals surface area contributed by atoms with Crippen LogP contribution in [0.1, 0.15) is 33.7 Å². The van der Waals surface area contributed by atoms with Crippen molar-refractivity contribution in [3.8, 4) is 0 Å². The number of nitrogens with zero attached hydrogens (tertiary/aromatic N) is 2. The van der Waals surface area contributed by atoms with Crippen molar-refractivity contribution in [2.45, 2.75) is 33.7 Å². The smallest absolute Gasteiger partial charge is 0.307 e. The molecule has 2 rings (SSSR count). The average molecular weight is 265 g/mol. The van der Waals surface area contributed by atoms with E-state index in [0.29, 0.717) is 5.82 Å². The van der Waals surface area contributed by atoms with Gasteiger partial charge >= 0.3 is 5.97 Å². The Labute approximate surface area is 111 Å². The van der Waals surface area contributed by atoms with Gasteiger partial charge in [-0.05, 0) is 19.3 Å². The van der Waals surface area contributed by atoms with Crippen LogP contribution in [0.15, 0.2) is 12.3 Å². The zero-order valence-electron chi connectivity index (χ0n) is 11.5. The van der Waals surface area contributed by atoms with Gasteiger partial charge in [0.05, 0.1) is 11.8 Å². The van der Waals surface area contributed by atoms with E-state index in [0.717, 1.165) is 0 Å². The van der Waals surface area contributed by atoms with E-state index in [4.69, 9.17) is 5.11 Å². The molecular formula is C13H19N3O3. The van der Waals surface area contributed by atoms with Gasteiger partial charge in [-0.2, -0.15) is 5.10 Å². The molecule has 1 heterocycles. The molecule has 0 saturated heterocycles. The molecule has 0 spiro atoms. The summed E-state index contributed by atoms with van der Waals surface area (Å²) in [6.07, 6.45) is 1.78. The van der Waals surface area contributed by atoms with Gasteiger partial charge in [-0.25, -0.2) is 0 Å². The Morgan fingerprint density at radius 1 is 1.42 bits per heavy atom. The second kappa shape index (κ2) is 4.36. The van der Waals surface area contributed by atoms with E-state index in [1.165, 1.54) is 0 Å². The van der Waals surface area contributed by atoms with Gasteiger partial charge in [0.15, 0.2) is 5.82 Å². The average Bonchev–Trinajstić information content (AvgIpc) is 2.67. The normalized spacial score (nSPS) is 24.3. The van der Waals surface area contributed by atoms with Crippen LogP contribution >= 0.6 is 0 Å². The molecule has 2 N–H and O–H groups in total. The van der Waals surface area contributed by atoms with Crippen molar-refractivity contribution in [3.05, 3.63) is 12.3 Å². The molecule has 1 amide bonds. The van der Waals surface area contributed by atoms with Crippen LogP contribution in [-0.4, -0.2) is 26.8 Å². The molecule has 19 heavy (non-hydrogen) atoms. The molecule has 2 atom stereocenters. The highest BCUT2D eigenvalue weighted by molar-refractivity contribution is 5.99. The third kappa shape index (κ3) is 2.34. The standard InChI is InChI=1S/C13H19N3O3/c1-7(2)16-6-5-8(15-16)14-11(17)9-10(12(18)19)13(9,3)4/h5-7,9-10H,1-4H3,(H,18,19)(H,14,15,17)/t9-,10+/m1/s1. The number of hydrogen-bond acceptors (Lipinski definition) is 3. The Hall–Kier alpha value is -1.85. The quantitative estimate of drug-likeness (QED) is 0.868. The van der Waals surface area contributed by atoms with E-state index in [1.807, 2.05) is 13.8 Å². The molecule has 1 aliphatic carbocycles. The van der Waals surface area contributed by atoms with E-state index in [2.05, 4.69) is 10.4 Å². The van der Waals surface area contributed by atoms with Crippen LogP contribution in [0.3, 0.4) is 0 Å². The fraction of sp³-hybridized carbons (Fsp3) is 0.615. The zero-order chi connectivity index (χ0) is 14.4. The predicted molar refractivity (Wildman–Crippen MR) is 69.6 cm³/mol. The van der Waals surface area contributed by atoms with E-state index < -0.39 is 23.2 Å². The predicted octanol–water partition coefficient (Wildman–Crippen LogP) is 1.76. The number of carbonyl (C=O) groups excluding carboxylic acids is 1. The maximum Gasteiger partial charge on any atom is 0.307 e. The van der Waals surface area contributed by atoms with Crippen molar-refractivity contribution < 1.29 is 14.7 Å². The number of aliphatic carboxylic acids is 1. The van der Waals surface area contributed by atoms with Crippen molar-refractivity contribution in [2.75, 3.05) is 5.32 Å². The molecule has 6 nitrogen and oxygen atoms in total. The van der Waals surface area contributed by atoms with Gasteiger partial charge in [-0.3, -0.25) is 14.3 Å². The van der Waals surface area contributed by atoms with Crippen LogP contribution in [0.4, 0.5) is 5.82 Å². The number of carboxylic acids is 1. The van der Waals surface area contributed by atoms with Crippen LogP contribution in [0, 0.1) is 17.3 Å².